The van der Waals surface area contributed by atoms with Crippen LogP contribution in [0.5, 0.6) is 0 Å². The van der Waals surface area contributed by atoms with Crippen LogP contribution < -0.4 is 5.73 Å². The molecule has 0 aliphatic carbocycles. The Morgan fingerprint density at radius 2 is 1.85 bits per heavy atom. The molecule has 0 bridgehead atoms. The van der Waals surface area contributed by atoms with Gasteiger partial charge in [-0.3, -0.25) is 9.97 Å². The lowest BCUT2D eigenvalue weighted by Gasteiger charge is -2.12. The highest BCUT2D eigenvalue weighted by Gasteiger charge is 2.30. The monoisotopic (exact) mass is 345 g/mol. The quantitative estimate of drug-likeness (QED) is 0.926. The number of hydrogen-bond donors (Lipinski definition) is 1. The number of nitrogens with zero attached hydrogens (tertiary/aromatic N) is 2. The van der Waals surface area contributed by atoms with E-state index in [0.29, 0.717) is 12.1 Å². The van der Waals surface area contributed by atoms with Crippen LogP contribution in [0.25, 0.3) is 0 Å². The molecule has 2 aromatic heterocycles. The van der Waals surface area contributed by atoms with Gasteiger partial charge in [0.1, 0.15) is 0 Å². The van der Waals surface area contributed by atoms with Gasteiger partial charge in [0.15, 0.2) is 0 Å². The number of halogens is 4. The van der Waals surface area contributed by atoms with E-state index in [-0.39, 0.29) is 0 Å². The molecule has 2 rings (SSSR count). The molecular formula is C13H11BrF3N3. The first-order valence-corrected chi connectivity index (χ1v) is 6.55. The maximum absolute atomic E-state index is 12.4. The van der Waals surface area contributed by atoms with E-state index >= 15 is 0 Å². The SMILES string of the molecule is NC(Cc1ccc(Br)cn1)c1ccc(C(F)(F)F)cn1. The van der Waals surface area contributed by atoms with Gasteiger partial charge in [-0.05, 0) is 40.2 Å². The lowest BCUT2D eigenvalue weighted by atomic mass is 10.1. The molecule has 2 aromatic rings. The normalized spacial score (nSPS) is 13.2. The third-order valence-electron chi connectivity index (χ3n) is 2.71. The number of aromatic nitrogens is 2. The van der Waals surface area contributed by atoms with E-state index in [1.165, 1.54) is 6.07 Å². The number of hydrogen-bond acceptors (Lipinski definition) is 3. The predicted octanol–water partition coefficient (Wildman–Crippen LogP) is 3.50. The first-order chi connectivity index (χ1) is 9.36. The summed E-state index contributed by atoms with van der Waals surface area (Å²) in [6, 6.07) is 5.42. The van der Waals surface area contributed by atoms with Crippen molar-refractivity contribution in [1.82, 2.24) is 9.97 Å². The molecule has 3 nitrogen and oxygen atoms in total. The van der Waals surface area contributed by atoms with Crippen molar-refractivity contribution < 1.29 is 13.2 Å². The zero-order valence-corrected chi connectivity index (χ0v) is 11.8. The minimum absolute atomic E-state index is 0.405. The number of alkyl halides is 3. The Kier molecular flexibility index (Phi) is 4.39. The third-order valence-corrected chi connectivity index (χ3v) is 3.18. The molecule has 7 heteroatoms. The van der Waals surface area contributed by atoms with Crippen molar-refractivity contribution in [3.63, 3.8) is 0 Å². The van der Waals surface area contributed by atoms with Crippen molar-refractivity contribution in [2.24, 2.45) is 5.73 Å². The first-order valence-electron chi connectivity index (χ1n) is 5.75. The topological polar surface area (TPSA) is 51.8 Å². The Morgan fingerprint density at radius 3 is 2.35 bits per heavy atom. The van der Waals surface area contributed by atoms with E-state index in [0.717, 1.165) is 22.4 Å². The molecule has 2 N–H and O–H groups in total. The summed E-state index contributed by atoms with van der Waals surface area (Å²) in [7, 11) is 0. The van der Waals surface area contributed by atoms with Crippen LogP contribution in [0.15, 0.2) is 41.1 Å². The molecule has 0 aliphatic rings. The second-order valence-corrected chi connectivity index (χ2v) is 5.16. The van der Waals surface area contributed by atoms with Crippen molar-refractivity contribution in [1.29, 1.82) is 0 Å². The van der Waals surface area contributed by atoms with Gasteiger partial charge in [0, 0.05) is 29.0 Å². The molecule has 1 unspecified atom stereocenters. The van der Waals surface area contributed by atoms with Gasteiger partial charge in [-0.25, -0.2) is 0 Å². The van der Waals surface area contributed by atoms with Gasteiger partial charge in [-0.2, -0.15) is 13.2 Å². The number of nitrogens with two attached hydrogens (primary N) is 1. The average Bonchev–Trinajstić information content (AvgIpc) is 2.40. The number of pyridine rings is 2. The minimum atomic E-state index is -4.39. The molecule has 106 valence electrons. The van der Waals surface area contributed by atoms with E-state index in [4.69, 9.17) is 5.73 Å². The highest BCUT2D eigenvalue weighted by atomic mass is 79.9. The minimum Gasteiger partial charge on any atom is -0.322 e. The molecule has 0 aliphatic heterocycles. The van der Waals surface area contributed by atoms with Gasteiger partial charge in [-0.1, -0.05) is 0 Å². The zero-order valence-electron chi connectivity index (χ0n) is 10.2. The summed E-state index contributed by atoms with van der Waals surface area (Å²) < 4.78 is 38.1. The Hall–Kier alpha value is -1.47. The van der Waals surface area contributed by atoms with Gasteiger partial charge < -0.3 is 5.73 Å². The molecule has 0 aromatic carbocycles. The van der Waals surface area contributed by atoms with Crippen molar-refractivity contribution in [3.8, 4) is 0 Å². The molecule has 0 fully saturated rings. The first kappa shape index (κ1) is 14.9. The molecule has 0 spiro atoms. The Balaban J connectivity index is 2.09. The summed E-state index contributed by atoms with van der Waals surface area (Å²) in [6.45, 7) is 0. The van der Waals surface area contributed by atoms with Crippen molar-refractivity contribution >= 4 is 15.9 Å². The highest BCUT2D eigenvalue weighted by Crippen LogP contribution is 2.29. The maximum Gasteiger partial charge on any atom is 0.417 e. The molecule has 0 saturated carbocycles. The summed E-state index contributed by atoms with van der Waals surface area (Å²) in [5, 5.41) is 0. The summed E-state index contributed by atoms with van der Waals surface area (Å²) in [5.74, 6) is 0. The van der Waals surface area contributed by atoms with E-state index < -0.39 is 17.8 Å². The van der Waals surface area contributed by atoms with Crippen molar-refractivity contribution in [2.45, 2.75) is 18.6 Å². The van der Waals surface area contributed by atoms with Crippen molar-refractivity contribution in [2.75, 3.05) is 0 Å². The van der Waals surface area contributed by atoms with E-state index in [1.807, 2.05) is 6.07 Å². The van der Waals surface area contributed by atoms with Gasteiger partial charge in [0.2, 0.25) is 0 Å². The summed E-state index contributed by atoms with van der Waals surface area (Å²) >= 11 is 3.27. The zero-order chi connectivity index (χ0) is 14.8. The predicted molar refractivity (Wildman–Crippen MR) is 71.8 cm³/mol. The summed E-state index contributed by atoms with van der Waals surface area (Å²) in [5.41, 5.74) is 6.30. The molecule has 20 heavy (non-hydrogen) atoms. The van der Waals surface area contributed by atoms with Gasteiger partial charge >= 0.3 is 6.18 Å². The summed E-state index contributed by atoms with van der Waals surface area (Å²) in [4.78, 5) is 7.94. The van der Waals surface area contributed by atoms with E-state index in [1.54, 1.807) is 12.3 Å². The Morgan fingerprint density at radius 1 is 1.10 bits per heavy atom. The van der Waals surface area contributed by atoms with Crippen molar-refractivity contribution in [3.05, 3.63) is 58.1 Å². The molecule has 0 radical (unpaired) electrons. The van der Waals surface area contributed by atoms with Crippen LogP contribution in [-0.2, 0) is 12.6 Å². The van der Waals surface area contributed by atoms with Gasteiger partial charge in [-0.15, -0.1) is 0 Å². The maximum atomic E-state index is 12.4. The largest absolute Gasteiger partial charge is 0.417 e. The molecule has 0 saturated heterocycles. The second-order valence-electron chi connectivity index (χ2n) is 4.25. The van der Waals surface area contributed by atoms with Crippen LogP contribution in [-0.4, -0.2) is 9.97 Å². The van der Waals surface area contributed by atoms with Crippen LogP contribution in [0.2, 0.25) is 0 Å². The fourth-order valence-electron chi connectivity index (χ4n) is 1.65. The Labute approximate surface area is 122 Å². The fraction of sp³-hybridized carbons (Fsp3) is 0.231. The molecular weight excluding hydrogens is 335 g/mol. The van der Waals surface area contributed by atoms with Crippen LogP contribution in [0.3, 0.4) is 0 Å². The standard InChI is InChI=1S/C13H11BrF3N3/c14-9-2-3-10(19-7-9)5-11(18)12-4-1-8(6-20-12)13(15,16)17/h1-4,6-7,11H,5,18H2. The smallest absolute Gasteiger partial charge is 0.322 e. The third kappa shape index (κ3) is 3.77. The summed E-state index contributed by atoms with van der Waals surface area (Å²) in [6.07, 6.45) is -1.54. The van der Waals surface area contributed by atoms with Crippen LogP contribution in [0, 0.1) is 0 Å². The van der Waals surface area contributed by atoms with E-state index in [9.17, 15) is 13.2 Å². The van der Waals surface area contributed by atoms with Gasteiger partial charge in [0.25, 0.3) is 0 Å². The second kappa shape index (κ2) is 5.88. The van der Waals surface area contributed by atoms with Gasteiger partial charge in [0.05, 0.1) is 17.3 Å². The molecule has 1 atom stereocenters. The van der Waals surface area contributed by atoms with Crippen LogP contribution in [0.1, 0.15) is 23.0 Å². The van der Waals surface area contributed by atoms with Crippen LogP contribution >= 0.6 is 15.9 Å². The van der Waals surface area contributed by atoms with E-state index in [2.05, 4.69) is 25.9 Å². The number of rotatable bonds is 3. The molecule has 2 heterocycles. The lowest BCUT2D eigenvalue weighted by molar-refractivity contribution is -0.137. The lowest BCUT2D eigenvalue weighted by Crippen LogP contribution is -2.16. The average molecular weight is 346 g/mol. The molecule has 0 amide bonds. The fourth-order valence-corrected chi connectivity index (χ4v) is 1.88. The Bertz CT molecular complexity index is 567. The van der Waals surface area contributed by atoms with Crippen LogP contribution in [0.4, 0.5) is 13.2 Å². The highest BCUT2D eigenvalue weighted by molar-refractivity contribution is 9.10.